The van der Waals surface area contributed by atoms with Crippen molar-refractivity contribution in [3.63, 3.8) is 0 Å². The van der Waals surface area contributed by atoms with E-state index < -0.39 is 0 Å². The normalized spacial score (nSPS) is 15.2. The molecule has 0 amide bonds. The highest BCUT2D eigenvalue weighted by Crippen LogP contribution is 2.08. The average Bonchev–Trinajstić information content (AvgIpc) is 1.82. The van der Waals surface area contributed by atoms with Crippen LogP contribution in [0.2, 0.25) is 0 Å². The summed E-state index contributed by atoms with van der Waals surface area (Å²) < 4.78 is 0. The van der Waals surface area contributed by atoms with Crippen LogP contribution in [0.4, 0.5) is 0 Å². The van der Waals surface area contributed by atoms with E-state index in [0.29, 0.717) is 5.92 Å². The van der Waals surface area contributed by atoms with Gasteiger partial charge in [0, 0.05) is 11.6 Å². The van der Waals surface area contributed by atoms with E-state index in [4.69, 9.17) is 5.11 Å². The molecule has 0 fully saturated rings. The highest BCUT2D eigenvalue weighted by Gasteiger charge is 2.16. The third-order valence-electron chi connectivity index (χ3n) is 1.61. The molecule has 0 aromatic rings. The van der Waals surface area contributed by atoms with Gasteiger partial charge in [-0.15, -0.1) is 0 Å². The third kappa shape index (κ3) is 6.62. The third-order valence-corrected chi connectivity index (χ3v) is 1.61. The second-order valence-electron chi connectivity index (χ2n) is 4.90. The van der Waals surface area contributed by atoms with Crippen molar-refractivity contribution >= 4 is 0 Å². The fourth-order valence-electron chi connectivity index (χ4n) is 1.36. The van der Waals surface area contributed by atoms with Crippen LogP contribution in [-0.2, 0) is 0 Å². The zero-order valence-electron chi connectivity index (χ0n) is 9.02. The van der Waals surface area contributed by atoms with Crippen LogP contribution in [0.1, 0.15) is 41.0 Å². The molecule has 0 radical (unpaired) electrons. The Hall–Kier alpha value is -0.0800. The second kappa shape index (κ2) is 4.83. The van der Waals surface area contributed by atoms with Gasteiger partial charge in [0.15, 0.2) is 0 Å². The lowest BCUT2D eigenvalue weighted by Gasteiger charge is -2.28. The zero-order chi connectivity index (χ0) is 9.78. The van der Waals surface area contributed by atoms with Gasteiger partial charge in [-0.3, -0.25) is 0 Å². The largest absolute Gasteiger partial charge is 0.395 e. The van der Waals surface area contributed by atoms with Gasteiger partial charge in [0.25, 0.3) is 0 Å². The van der Waals surface area contributed by atoms with Crippen LogP contribution in [0.25, 0.3) is 0 Å². The molecule has 2 nitrogen and oxygen atoms in total. The van der Waals surface area contributed by atoms with Crippen LogP contribution < -0.4 is 5.32 Å². The van der Waals surface area contributed by atoms with E-state index in [1.807, 2.05) is 0 Å². The van der Waals surface area contributed by atoms with Crippen molar-refractivity contribution in [2.24, 2.45) is 5.92 Å². The quantitative estimate of drug-likeness (QED) is 0.679. The standard InChI is InChI=1S/C10H23NO/c1-8(2)6-9(7-12)11-10(3,4)5/h8-9,11-12H,6-7H2,1-5H3/t9-/m0/s1. The monoisotopic (exact) mass is 173 g/mol. The van der Waals surface area contributed by atoms with Crippen LogP contribution in [-0.4, -0.2) is 23.3 Å². The second-order valence-corrected chi connectivity index (χ2v) is 4.90. The number of hydrogen-bond acceptors (Lipinski definition) is 2. The predicted molar refractivity (Wildman–Crippen MR) is 53.2 cm³/mol. The molecule has 0 aromatic heterocycles. The summed E-state index contributed by atoms with van der Waals surface area (Å²) in [4.78, 5) is 0. The predicted octanol–water partition coefficient (Wildman–Crippen LogP) is 1.78. The number of rotatable bonds is 4. The van der Waals surface area contributed by atoms with Crippen molar-refractivity contribution in [1.82, 2.24) is 5.32 Å². The Kier molecular flexibility index (Phi) is 4.80. The summed E-state index contributed by atoms with van der Waals surface area (Å²) in [6.45, 7) is 10.9. The van der Waals surface area contributed by atoms with Gasteiger partial charge in [0.2, 0.25) is 0 Å². The maximum atomic E-state index is 9.08. The molecule has 0 heterocycles. The molecule has 0 unspecified atom stereocenters. The molecule has 2 heteroatoms. The van der Waals surface area contributed by atoms with Crippen LogP contribution in [0.5, 0.6) is 0 Å². The topological polar surface area (TPSA) is 32.3 Å². The van der Waals surface area contributed by atoms with Crippen LogP contribution >= 0.6 is 0 Å². The Morgan fingerprint density at radius 1 is 1.25 bits per heavy atom. The minimum absolute atomic E-state index is 0.0995. The molecule has 0 saturated heterocycles. The Labute approximate surface area is 76.4 Å². The summed E-state index contributed by atoms with van der Waals surface area (Å²) in [6.07, 6.45) is 1.04. The van der Waals surface area contributed by atoms with E-state index in [1.165, 1.54) is 0 Å². The lowest BCUT2D eigenvalue weighted by molar-refractivity contribution is 0.198. The molecule has 12 heavy (non-hydrogen) atoms. The molecule has 1 atom stereocenters. The van der Waals surface area contributed by atoms with E-state index >= 15 is 0 Å². The van der Waals surface area contributed by atoms with Crippen molar-refractivity contribution in [2.75, 3.05) is 6.61 Å². The van der Waals surface area contributed by atoms with E-state index in [0.717, 1.165) is 6.42 Å². The van der Waals surface area contributed by atoms with E-state index in [2.05, 4.69) is 39.9 Å². The summed E-state index contributed by atoms with van der Waals surface area (Å²) >= 11 is 0. The first-order valence-electron chi connectivity index (χ1n) is 4.73. The first kappa shape index (κ1) is 11.9. The molecule has 0 aliphatic heterocycles. The fraction of sp³-hybridized carbons (Fsp3) is 1.00. The first-order valence-corrected chi connectivity index (χ1v) is 4.73. The van der Waals surface area contributed by atoms with Crippen LogP contribution in [0, 0.1) is 5.92 Å². The van der Waals surface area contributed by atoms with E-state index in [1.54, 1.807) is 0 Å². The number of nitrogens with one attached hydrogen (secondary N) is 1. The van der Waals surface area contributed by atoms with E-state index in [-0.39, 0.29) is 18.2 Å². The average molecular weight is 173 g/mol. The van der Waals surface area contributed by atoms with Gasteiger partial charge in [0.1, 0.15) is 0 Å². The summed E-state index contributed by atoms with van der Waals surface area (Å²) in [5, 5.41) is 12.5. The van der Waals surface area contributed by atoms with E-state index in [9.17, 15) is 0 Å². The smallest absolute Gasteiger partial charge is 0.0584 e. The number of hydrogen-bond donors (Lipinski definition) is 2. The molecule has 0 aliphatic carbocycles. The molecule has 0 saturated carbocycles. The minimum Gasteiger partial charge on any atom is -0.395 e. The Bertz CT molecular complexity index is 115. The van der Waals surface area contributed by atoms with Gasteiger partial charge in [-0.2, -0.15) is 0 Å². The summed E-state index contributed by atoms with van der Waals surface area (Å²) in [7, 11) is 0. The Morgan fingerprint density at radius 2 is 1.75 bits per heavy atom. The zero-order valence-corrected chi connectivity index (χ0v) is 9.02. The van der Waals surface area contributed by atoms with Gasteiger partial charge >= 0.3 is 0 Å². The van der Waals surface area contributed by atoms with Crippen molar-refractivity contribution in [1.29, 1.82) is 0 Å². The molecule has 0 aliphatic rings. The lowest BCUT2D eigenvalue weighted by atomic mass is 10.0. The van der Waals surface area contributed by atoms with Gasteiger partial charge in [-0.1, -0.05) is 13.8 Å². The summed E-state index contributed by atoms with van der Waals surface area (Å²) in [5.74, 6) is 0.636. The SMILES string of the molecule is CC(C)C[C@@H](CO)NC(C)(C)C. The molecule has 0 rings (SSSR count). The first-order chi connectivity index (χ1) is 5.35. The maximum absolute atomic E-state index is 9.08. The molecule has 0 aromatic carbocycles. The van der Waals surface area contributed by atoms with Crippen molar-refractivity contribution in [3.05, 3.63) is 0 Å². The molecule has 2 N–H and O–H groups in total. The molecule has 0 bridgehead atoms. The van der Waals surface area contributed by atoms with Gasteiger partial charge in [0.05, 0.1) is 6.61 Å². The Morgan fingerprint density at radius 3 is 2.00 bits per heavy atom. The summed E-state index contributed by atoms with van der Waals surface area (Å²) in [6, 6.07) is 0.241. The number of aliphatic hydroxyl groups is 1. The van der Waals surface area contributed by atoms with Crippen LogP contribution in [0.3, 0.4) is 0 Å². The van der Waals surface area contributed by atoms with Crippen molar-refractivity contribution in [2.45, 2.75) is 52.6 Å². The highest BCUT2D eigenvalue weighted by atomic mass is 16.3. The van der Waals surface area contributed by atoms with Crippen LogP contribution in [0.15, 0.2) is 0 Å². The molecular weight excluding hydrogens is 150 g/mol. The lowest BCUT2D eigenvalue weighted by Crippen LogP contribution is -2.46. The van der Waals surface area contributed by atoms with Gasteiger partial charge in [-0.25, -0.2) is 0 Å². The fourth-order valence-corrected chi connectivity index (χ4v) is 1.36. The van der Waals surface area contributed by atoms with Crippen molar-refractivity contribution in [3.8, 4) is 0 Å². The molecular formula is C10H23NO. The Balaban J connectivity index is 3.83. The molecule has 0 spiro atoms. The number of aliphatic hydroxyl groups excluding tert-OH is 1. The van der Waals surface area contributed by atoms with Gasteiger partial charge < -0.3 is 10.4 Å². The summed E-state index contributed by atoms with van der Waals surface area (Å²) in [5.41, 5.74) is 0.0995. The minimum atomic E-state index is 0.0995. The molecule has 74 valence electrons. The van der Waals surface area contributed by atoms with Crippen molar-refractivity contribution < 1.29 is 5.11 Å². The van der Waals surface area contributed by atoms with Gasteiger partial charge in [-0.05, 0) is 33.1 Å². The highest BCUT2D eigenvalue weighted by molar-refractivity contribution is 4.77. The maximum Gasteiger partial charge on any atom is 0.0584 e.